The summed E-state index contributed by atoms with van der Waals surface area (Å²) in [5.74, 6) is 0.506. The molecule has 5 nitrogen and oxygen atoms in total. The SMILES string of the molecule is O=C(c1ccn([C@H]2CCCNC2)n1)N1CCC[C@H](c2ccccc2)C1. The van der Waals surface area contributed by atoms with E-state index >= 15 is 0 Å². The summed E-state index contributed by atoms with van der Waals surface area (Å²) in [5.41, 5.74) is 1.91. The molecule has 2 saturated heterocycles. The third kappa shape index (κ3) is 3.61. The number of piperidine rings is 2. The van der Waals surface area contributed by atoms with Crippen molar-refractivity contribution in [2.24, 2.45) is 0 Å². The number of benzene rings is 1. The summed E-state index contributed by atoms with van der Waals surface area (Å²) in [6, 6.07) is 12.8. The highest BCUT2D eigenvalue weighted by Gasteiger charge is 2.27. The molecule has 2 fully saturated rings. The van der Waals surface area contributed by atoms with Crippen molar-refractivity contribution >= 4 is 5.91 Å². The summed E-state index contributed by atoms with van der Waals surface area (Å²) in [5, 5.41) is 8.00. The molecule has 3 heterocycles. The van der Waals surface area contributed by atoms with Crippen molar-refractivity contribution in [1.82, 2.24) is 20.0 Å². The van der Waals surface area contributed by atoms with Crippen LogP contribution in [0.3, 0.4) is 0 Å². The summed E-state index contributed by atoms with van der Waals surface area (Å²) < 4.78 is 1.97. The number of carbonyl (C=O) groups excluding carboxylic acids is 1. The van der Waals surface area contributed by atoms with Gasteiger partial charge in [-0.1, -0.05) is 30.3 Å². The Hall–Kier alpha value is -2.14. The largest absolute Gasteiger partial charge is 0.337 e. The monoisotopic (exact) mass is 338 g/mol. The summed E-state index contributed by atoms with van der Waals surface area (Å²) in [6.45, 7) is 3.65. The van der Waals surface area contributed by atoms with Crippen molar-refractivity contribution in [2.75, 3.05) is 26.2 Å². The molecule has 1 aromatic carbocycles. The van der Waals surface area contributed by atoms with Crippen LogP contribution in [0, 0.1) is 0 Å². The van der Waals surface area contributed by atoms with Crippen molar-refractivity contribution in [2.45, 2.75) is 37.6 Å². The molecule has 5 heteroatoms. The predicted molar refractivity (Wildman–Crippen MR) is 97.7 cm³/mol. The Bertz CT molecular complexity index is 705. The Kier molecular flexibility index (Phi) is 4.83. The zero-order valence-corrected chi connectivity index (χ0v) is 14.6. The predicted octanol–water partition coefficient (Wildman–Crippen LogP) is 2.83. The molecule has 4 rings (SSSR count). The summed E-state index contributed by atoms with van der Waals surface area (Å²) >= 11 is 0. The van der Waals surface area contributed by atoms with Gasteiger partial charge in [-0.2, -0.15) is 5.10 Å². The number of hydrogen-bond donors (Lipinski definition) is 1. The van der Waals surface area contributed by atoms with E-state index in [9.17, 15) is 4.79 Å². The van der Waals surface area contributed by atoms with Crippen molar-refractivity contribution in [3.05, 3.63) is 53.9 Å². The molecule has 2 aliphatic heterocycles. The molecule has 0 unspecified atom stereocenters. The minimum atomic E-state index is 0.0724. The van der Waals surface area contributed by atoms with Crippen LogP contribution < -0.4 is 5.32 Å². The Labute approximate surface area is 149 Å². The molecule has 2 atom stereocenters. The van der Waals surface area contributed by atoms with Gasteiger partial charge in [0.05, 0.1) is 6.04 Å². The maximum Gasteiger partial charge on any atom is 0.274 e. The molecule has 0 aliphatic carbocycles. The third-order valence-electron chi connectivity index (χ3n) is 5.45. The first kappa shape index (κ1) is 16.3. The number of rotatable bonds is 3. The fraction of sp³-hybridized carbons (Fsp3) is 0.500. The first-order valence-corrected chi connectivity index (χ1v) is 9.41. The lowest BCUT2D eigenvalue weighted by atomic mass is 9.90. The zero-order valence-electron chi connectivity index (χ0n) is 14.6. The Balaban J connectivity index is 1.44. The lowest BCUT2D eigenvalue weighted by Gasteiger charge is -2.32. The van der Waals surface area contributed by atoms with Gasteiger partial charge in [-0.05, 0) is 43.9 Å². The third-order valence-corrected chi connectivity index (χ3v) is 5.45. The van der Waals surface area contributed by atoms with Gasteiger partial charge in [-0.15, -0.1) is 0 Å². The second-order valence-corrected chi connectivity index (χ2v) is 7.18. The molecule has 0 spiro atoms. The van der Waals surface area contributed by atoms with Gasteiger partial charge in [-0.3, -0.25) is 9.48 Å². The summed E-state index contributed by atoms with van der Waals surface area (Å²) in [4.78, 5) is 14.9. The number of hydrogen-bond acceptors (Lipinski definition) is 3. The van der Waals surface area contributed by atoms with E-state index in [1.54, 1.807) is 0 Å². The molecule has 0 bridgehead atoms. The van der Waals surface area contributed by atoms with E-state index in [4.69, 9.17) is 0 Å². The minimum absolute atomic E-state index is 0.0724. The fourth-order valence-corrected chi connectivity index (χ4v) is 4.04. The average molecular weight is 338 g/mol. The highest BCUT2D eigenvalue weighted by molar-refractivity contribution is 5.92. The van der Waals surface area contributed by atoms with Crippen molar-refractivity contribution < 1.29 is 4.79 Å². The van der Waals surface area contributed by atoms with E-state index in [0.29, 0.717) is 17.7 Å². The van der Waals surface area contributed by atoms with E-state index in [1.807, 2.05) is 27.9 Å². The topological polar surface area (TPSA) is 50.2 Å². The molecule has 1 N–H and O–H groups in total. The van der Waals surface area contributed by atoms with E-state index < -0.39 is 0 Å². The van der Waals surface area contributed by atoms with Crippen LogP contribution in [-0.4, -0.2) is 46.8 Å². The van der Waals surface area contributed by atoms with Gasteiger partial charge in [0.1, 0.15) is 5.69 Å². The molecule has 1 aromatic heterocycles. The average Bonchev–Trinajstić information content (AvgIpc) is 3.19. The Morgan fingerprint density at radius 2 is 2.00 bits per heavy atom. The normalized spacial score (nSPS) is 24.2. The maximum atomic E-state index is 12.9. The number of nitrogens with one attached hydrogen (secondary N) is 1. The van der Waals surface area contributed by atoms with Gasteiger partial charge in [0.25, 0.3) is 5.91 Å². The fourth-order valence-electron chi connectivity index (χ4n) is 4.04. The van der Waals surface area contributed by atoms with Crippen molar-refractivity contribution in [3.8, 4) is 0 Å². The highest BCUT2D eigenvalue weighted by Crippen LogP contribution is 2.27. The molecule has 25 heavy (non-hydrogen) atoms. The highest BCUT2D eigenvalue weighted by atomic mass is 16.2. The van der Waals surface area contributed by atoms with E-state index in [0.717, 1.165) is 45.4 Å². The van der Waals surface area contributed by atoms with E-state index in [2.05, 4.69) is 34.7 Å². The lowest BCUT2D eigenvalue weighted by molar-refractivity contribution is 0.0699. The van der Waals surface area contributed by atoms with Crippen LogP contribution in [0.15, 0.2) is 42.6 Å². The molecular formula is C20H26N4O. The Morgan fingerprint density at radius 3 is 2.80 bits per heavy atom. The minimum Gasteiger partial charge on any atom is -0.337 e. The van der Waals surface area contributed by atoms with Crippen LogP contribution in [0.4, 0.5) is 0 Å². The quantitative estimate of drug-likeness (QED) is 0.936. The first-order chi connectivity index (χ1) is 12.3. The van der Waals surface area contributed by atoms with Crippen LogP contribution in [-0.2, 0) is 0 Å². The number of carbonyl (C=O) groups is 1. The molecular weight excluding hydrogens is 312 g/mol. The van der Waals surface area contributed by atoms with Crippen LogP contribution in [0.2, 0.25) is 0 Å². The molecule has 1 amide bonds. The number of nitrogens with zero attached hydrogens (tertiary/aromatic N) is 3. The lowest BCUT2D eigenvalue weighted by Crippen LogP contribution is -2.39. The van der Waals surface area contributed by atoms with Crippen LogP contribution in [0.1, 0.15) is 53.7 Å². The molecule has 0 radical (unpaired) electrons. The van der Waals surface area contributed by atoms with Gasteiger partial charge in [0, 0.05) is 31.7 Å². The van der Waals surface area contributed by atoms with Crippen LogP contribution in [0.5, 0.6) is 0 Å². The van der Waals surface area contributed by atoms with Gasteiger partial charge >= 0.3 is 0 Å². The van der Waals surface area contributed by atoms with Crippen LogP contribution in [0.25, 0.3) is 0 Å². The van der Waals surface area contributed by atoms with Crippen molar-refractivity contribution in [1.29, 1.82) is 0 Å². The smallest absolute Gasteiger partial charge is 0.274 e. The maximum absolute atomic E-state index is 12.9. The van der Waals surface area contributed by atoms with Gasteiger partial charge in [0.15, 0.2) is 0 Å². The first-order valence-electron chi connectivity index (χ1n) is 9.41. The van der Waals surface area contributed by atoms with Gasteiger partial charge in [-0.25, -0.2) is 0 Å². The standard InChI is InChI=1S/C20H26N4O/c25-20(19-10-13-24(22-19)18-9-4-11-21-14-18)23-12-5-8-17(15-23)16-6-2-1-3-7-16/h1-3,6-7,10,13,17-18,21H,4-5,8-9,11-12,14-15H2/t17-,18-/m0/s1. The van der Waals surface area contributed by atoms with Crippen molar-refractivity contribution in [3.63, 3.8) is 0 Å². The molecule has 132 valence electrons. The second kappa shape index (κ2) is 7.40. The van der Waals surface area contributed by atoms with Gasteiger partial charge < -0.3 is 10.2 Å². The number of amides is 1. The van der Waals surface area contributed by atoms with E-state index in [1.165, 1.54) is 12.0 Å². The molecule has 0 saturated carbocycles. The molecule has 2 aromatic rings. The summed E-state index contributed by atoms with van der Waals surface area (Å²) in [6.07, 6.45) is 6.46. The van der Waals surface area contributed by atoms with Crippen LogP contribution >= 0.6 is 0 Å². The zero-order chi connectivity index (χ0) is 17.1. The number of aromatic nitrogens is 2. The van der Waals surface area contributed by atoms with Gasteiger partial charge in [0.2, 0.25) is 0 Å². The number of likely N-dealkylation sites (tertiary alicyclic amines) is 1. The Morgan fingerprint density at radius 1 is 1.12 bits per heavy atom. The molecule has 2 aliphatic rings. The second-order valence-electron chi connectivity index (χ2n) is 7.18. The summed E-state index contributed by atoms with van der Waals surface area (Å²) in [7, 11) is 0. The van der Waals surface area contributed by atoms with E-state index in [-0.39, 0.29) is 5.91 Å².